The van der Waals surface area contributed by atoms with Crippen LogP contribution < -0.4 is 5.32 Å². The molecule has 1 N–H and O–H groups in total. The van der Waals surface area contributed by atoms with Gasteiger partial charge in [0.1, 0.15) is 0 Å². The molecule has 3 rings (SSSR count). The third-order valence-corrected chi connectivity index (χ3v) is 7.13. The lowest BCUT2D eigenvalue weighted by molar-refractivity contribution is -0.148. The molecule has 3 aliphatic rings. The van der Waals surface area contributed by atoms with E-state index in [2.05, 4.69) is 10.2 Å². The zero-order valence-corrected chi connectivity index (χ0v) is 16.2. The van der Waals surface area contributed by atoms with E-state index in [0.717, 1.165) is 31.3 Å². The van der Waals surface area contributed by atoms with Crippen molar-refractivity contribution in [1.82, 2.24) is 10.2 Å². The van der Waals surface area contributed by atoms with E-state index in [0.29, 0.717) is 18.4 Å². The van der Waals surface area contributed by atoms with E-state index >= 15 is 0 Å². The lowest BCUT2D eigenvalue weighted by atomic mass is 9.73. The molecule has 25 heavy (non-hydrogen) atoms. The quantitative estimate of drug-likeness (QED) is 0.795. The molecule has 2 aliphatic carbocycles. The summed E-state index contributed by atoms with van der Waals surface area (Å²) in [6, 6.07) is 0. The summed E-state index contributed by atoms with van der Waals surface area (Å²) >= 11 is 0. The van der Waals surface area contributed by atoms with E-state index in [-0.39, 0.29) is 17.7 Å². The van der Waals surface area contributed by atoms with Crippen molar-refractivity contribution in [2.24, 2.45) is 23.2 Å². The van der Waals surface area contributed by atoms with Gasteiger partial charge in [-0.05, 0) is 37.5 Å². The molecule has 0 radical (unpaired) electrons. The molecule has 0 bridgehead atoms. The highest BCUT2D eigenvalue weighted by atomic mass is 16.2. The molecule has 1 aliphatic heterocycles. The topological polar surface area (TPSA) is 49.4 Å². The number of nitrogens with zero attached hydrogens (tertiary/aromatic N) is 1. The molecule has 1 heterocycles. The number of amides is 2. The van der Waals surface area contributed by atoms with Gasteiger partial charge in [-0.25, -0.2) is 0 Å². The van der Waals surface area contributed by atoms with Gasteiger partial charge < -0.3 is 10.2 Å². The Labute approximate surface area is 153 Å². The Morgan fingerprint density at radius 2 is 1.80 bits per heavy atom. The number of hydrogen-bond donors (Lipinski definition) is 1. The number of carbonyl (C=O) groups excluding carboxylic acids is 2. The minimum Gasteiger partial charge on any atom is -0.355 e. The second kappa shape index (κ2) is 8.09. The largest absolute Gasteiger partial charge is 0.355 e. The summed E-state index contributed by atoms with van der Waals surface area (Å²) in [4.78, 5) is 26.3. The normalized spacial score (nSPS) is 27.1. The molecule has 3 fully saturated rings. The van der Waals surface area contributed by atoms with Crippen molar-refractivity contribution in [3.63, 3.8) is 0 Å². The number of rotatable bonds is 6. The zero-order valence-electron chi connectivity index (χ0n) is 16.2. The fraction of sp³-hybridized carbons (Fsp3) is 0.905. The van der Waals surface area contributed by atoms with E-state index in [1.54, 1.807) is 0 Å². The van der Waals surface area contributed by atoms with Gasteiger partial charge in [-0.15, -0.1) is 0 Å². The van der Waals surface area contributed by atoms with Crippen molar-refractivity contribution in [2.75, 3.05) is 19.6 Å². The highest BCUT2D eigenvalue weighted by Crippen LogP contribution is 2.52. The van der Waals surface area contributed by atoms with E-state index in [1.807, 2.05) is 13.8 Å². The van der Waals surface area contributed by atoms with Crippen LogP contribution >= 0.6 is 0 Å². The Morgan fingerprint density at radius 1 is 1.08 bits per heavy atom. The van der Waals surface area contributed by atoms with Crippen LogP contribution in [0.25, 0.3) is 0 Å². The monoisotopic (exact) mass is 348 g/mol. The van der Waals surface area contributed by atoms with Crippen LogP contribution in [0, 0.1) is 23.2 Å². The second-order valence-electron chi connectivity index (χ2n) is 8.86. The van der Waals surface area contributed by atoms with Gasteiger partial charge in [0.25, 0.3) is 0 Å². The SMILES string of the molecule is CCC(=O)NCC(CC)C(=O)N1CC2(CCC(C3CCCCC3)C2)C1. The van der Waals surface area contributed by atoms with Crippen molar-refractivity contribution >= 4 is 11.8 Å². The van der Waals surface area contributed by atoms with Crippen LogP contribution in [0.4, 0.5) is 0 Å². The predicted octanol–water partition coefficient (Wildman–Crippen LogP) is 3.75. The average molecular weight is 349 g/mol. The molecule has 1 saturated heterocycles. The fourth-order valence-electron chi connectivity index (χ4n) is 5.49. The Hall–Kier alpha value is -1.06. The smallest absolute Gasteiger partial charge is 0.227 e. The van der Waals surface area contributed by atoms with Crippen molar-refractivity contribution in [2.45, 2.75) is 78.1 Å². The number of likely N-dealkylation sites (tertiary alicyclic amines) is 1. The van der Waals surface area contributed by atoms with E-state index < -0.39 is 0 Å². The van der Waals surface area contributed by atoms with Gasteiger partial charge in [-0.2, -0.15) is 0 Å². The van der Waals surface area contributed by atoms with Gasteiger partial charge in [0.05, 0.1) is 5.92 Å². The molecule has 0 aromatic carbocycles. The fourth-order valence-corrected chi connectivity index (χ4v) is 5.49. The van der Waals surface area contributed by atoms with Crippen LogP contribution in [0.5, 0.6) is 0 Å². The second-order valence-corrected chi connectivity index (χ2v) is 8.86. The summed E-state index contributed by atoms with van der Waals surface area (Å²) in [5, 5.41) is 2.89. The summed E-state index contributed by atoms with van der Waals surface area (Å²) in [5.74, 6) is 2.13. The molecular weight excluding hydrogens is 312 g/mol. The minimum atomic E-state index is -0.0524. The van der Waals surface area contributed by atoms with Crippen molar-refractivity contribution in [1.29, 1.82) is 0 Å². The third-order valence-electron chi connectivity index (χ3n) is 7.13. The molecule has 2 atom stereocenters. The summed E-state index contributed by atoms with van der Waals surface area (Å²) in [6.07, 6.45) is 12.5. The molecule has 0 aromatic heterocycles. The van der Waals surface area contributed by atoms with E-state index in [1.165, 1.54) is 51.4 Å². The summed E-state index contributed by atoms with van der Waals surface area (Å²) < 4.78 is 0. The summed E-state index contributed by atoms with van der Waals surface area (Å²) in [6.45, 7) is 6.32. The first-order valence-electron chi connectivity index (χ1n) is 10.6. The predicted molar refractivity (Wildman–Crippen MR) is 100 cm³/mol. The van der Waals surface area contributed by atoms with Crippen LogP contribution in [-0.2, 0) is 9.59 Å². The molecule has 142 valence electrons. The Bertz CT molecular complexity index is 478. The molecule has 4 nitrogen and oxygen atoms in total. The zero-order chi connectivity index (χ0) is 17.9. The van der Waals surface area contributed by atoms with Crippen LogP contribution in [-0.4, -0.2) is 36.3 Å². The maximum Gasteiger partial charge on any atom is 0.227 e. The Kier molecular flexibility index (Phi) is 6.06. The standard InChI is InChI=1S/C21H36N2O2/c1-3-16(13-22-19(24)4-2)20(25)23-14-21(15-23)11-10-18(12-21)17-8-6-5-7-9-17/h16-18H,3-15H2,1-2H3,(H,22,24). The first kappa shape index (κ1) is 18.7. The Morgan fingerprint density at radius 3 is 2.44 bits per heavy atom. The molecule has 4 heteroatoms. The van der Waals surface area contributed by atoms with Gasteiger partial charge in [-0.3, -0.25) is 9.59 Å². The van der Waals surface area contributed by atoms with Crippen molar-refractivity contribution in [3.05, 3.63) is 0 Å². The lowest BCUT2D eigenvalue weighted by Crippen LogP contribution is -2.59. The highest BCUT2D eigenvalue weighted by molar-refractivity contribution is 5.81. The van der Waals surface area contributed by atoms with Gasteiger partial charge >= 0.3 is 0 Å². The summed E-state index contributed by atoms with van der Waals surface area (Å²) in [5.41, 5.74) is 0.433. The first-order chi connectivity index (χ1) is 12.1. The maximum absolute atomic E-state index is 12.8. The van der Waals surface area contributed by atoms with Crippen LogP contribution in [0.2, 0.25) is 0 Å². The number of hydrogen-bond acceptors (Lipinski definition) is 2. The summed E-state index contributed by atoms with van der Waals surface area (Å²) in [7, 11) is 0. The van der Waals surface area contributed by atoms with E-state index in [4.69, 9.17) is 0 Å². The number of nitrogens with one attached hydrogen (secondary N) is 1. The molecule has 0 aromatic rings. The van der Waals surface area contributed by atoms with Gasteiger partial charge in [-0.1, -0.05) is 46.0 Å². The van der Waals surface area contributed by atoms with Gasteiger partial charge in [0.2, 0.25) is 11.8 Å². The molecule has 1 spiro atoms. The minimum absolute atomic E-state index is 0.0393. The van der Waals surface area contributed by atoms with E-state index in [9.17, 15) is 9.59 Å². The molecule has 2 saturated carbocycles. The first-order valence-corrected chi connectivity index (χ1v) is 10.6. The van der Waals surface area contributed by atoms with Crippen LogP contribution in [0.15, 0.2) is 0 Å². The average Bonchev–Trinajstić information content (AvgIpc) is 3.07. The molecular formula is C21H36N2O2. The maximum atomic E-state index is 12.8. The van der Waals surface area contributed by atoms with Crippen molar-refractivity contribution < 1.29 is 9.59 Å². The van der Waals surface area contributed by atoms with Crippen LogP contribution in [0.1, 0.15) is 78.1 Å². The highest BCUT2D eigenvalue weighted by Gasteiger charge is 2.51. The van der Waals surface area contributed by atoms with Gasteiger partial charge in [0.15, 0.2) is 0 Å². The van der Waals surface area contributed by atoms with Gasteiger partial charge in [0, 0.05) is 31.5 Å². The van der Waals surface area contributed by atoms with Crippen molar-refractivity contribution in [3.8, 4) is 0 Å². The third kappa shape index (κ3) is 4.20. The Balaban J connectivity index is 1.46. The lowest BCUT2D eigenvalue weighted by Gasteiger charge is -2.50. The van der Waals surface area contributed by atoms with Crippen LogP contribution in [0.3, 0.4) is 0 Å². The molecule has 2 amide bonds. The molecule has 2 unspecified atom stereocenters. The number of carbonyl (C=O) groups is 2.